The SMILES string of the molecule is O=C(O)CC1(N(CCO)C2CC2)CNC1. The molecule has 0 bridgehead atoms. The molecular weight excluding hydrogens is 196 g/mol. The van der Waals surface area contributed by atoms with E-state index in [4.69, 9.17) is 10.2 Å². The first-order chi connectivity index (χ1) is 7.18. The number of aliphatic hydroxyl groups is 1. The molecule has 0 aromatic rings. The number of aliphatic carboxylic acids is 1. The van der Waals surface area contributed by atoms with Crippen molar-refractivity contribution in [1.29, 1.82) is 0 Å². The van der Waals surface area contributed by atoms with Gasteiger partial charge in [0.15, 0.2) is 0 Å². The average Bonchev–Trinajstić information content (AvgIpc) is 2.91. The van der Waals surface area contributed by atoms with Gasteiger partial charge in [-0.05, 0) is 12.8 Å². The van der Waals surface area contributed by atoms with Crippen molar-refractivity contribution in [3.05, 3.63) is 0 Å². The summed E-state index contributed by atoms with van der Waals surface area (Å²) in [5, 5.41) is 21.1. The lowest BCUT2D eigenvalue weighted by molar-refractivity contribution is -0.142. The fourth-order valence-corrected chi connectivity index (χ4v) is 2.43. The zero-order valence-electron chi connectivity index (χ0n) is 8.78. The van der Waals surface area contributed by atoms with Crippen LogP contribution in [0.4, 0.5) is 0 Å². The average molecular weight is 214 g/mol. The molecule has 0 aromatic carbocycles. The van der Waals surface area contributed by atoms with E-state index in [0.29, 0.717) is 12.6 Å². The minimum Gasteiger partial charge on any atom is -0.481 e. The maximum atomic E-state index is 10.8. The third-order valence-electron chi connectivity index (χ3n) is 3.33. The maximum absolute atomic E-state index is 10.8. The molecule has 0 spiro atoms. The lowest BCUT2D eigenvalue weighted by atomic mass is 9.86. The van der Waals surface area contributed by atoms with Crippen LogP contribution in [0, 0.1) is 0 Å². The second-order valence-corrected chi connectivity index (χ2v) is 4.55. The molecule has 2 rings (SSSR count). The molecule has 2 aliphatic rings. The van der Waals surface area contributed by atoms with Crippen molar-refractivity contribution in [3.8, 4) is 0 Å². The van der Waals surface area contributed by atoms with Crippen LogP contribution >= 0.6 is 0 Å². The number of rotatable bonds is 6. The van der Waals surface area contributed by atoms with Gasteiger partial charge in [-0.25, -0.2) is 0 Å². The summed E-state index contributed by atoms with van der Waals surface area (Å²) < 4.78 is 0. The van der Waals surface area contributed by atoms with Crippen LogP contribution < -0.4 is 5.32 Å². The Morgan fingerprint density at radius 2 is 2.13 bits per heavy atom. The van der Waals surface area contributed by atoms with E-state index in [1.807, 2.05) is 0 Å². The van der Waals surface area contributed by atoms with Crippen molar-refractivity contribution in [3.63, 3.8) is 0 Å². The first kappa shape index (κ1) is 10.9. The molecule has 86 valence electrons. The third-order valence-corrected chi connectivity index (χ3v) is 3.33. The standard InChI is InChI=1S/C10H18N2O3/c13-4-3-12(8-1-2-8)10(5-9(14)15)6-11-7-10/h8,11,13H,1-7H2,(H,14,15). The van der Waals surface area contributed by atoms with E-state index in [1.54, 1.807) is 0 Å². The number of carboxylic acid groups (broad SMARTS) is 1. The van der Waals surface area contributed by atoms with E-state index in [0.717, 1.165) is 25.9 Å². The Morgan fingerprint density at radius 1 is 1.47 bits per heavy atom. The second kappa shape index (κ2) is 4.08. The van der Waals surface area contributed by atoms with Crippen LogP contribution in [-0.4, -0.2) is 58.9 Å². The fourth-order valence-electron chi connectivity index (χ4n) is 2.43. The van der Waals surface area contributed by atoms with Crippen molar-refractivity contribution < 1.29 is 15.0 Å². The Kier molecular flexibility index (Phi) is 2.95. The summed E-state index contributed by atoms with van der Waals surface area (Å²) in [6.07, 6.45) is 2.46. The molecule has 5 heteroatoms. The van der Waals surface area contributed by atoms with Gasteiger partial charge in [-0.2, -0.15) is 0 Å². The number of aliphatic hydroxyl groups excluding tert-OH is 1. The van der Waals surface area contributed by atoms with Crippen molar-refractivity contribution in [2.75, 3.05) is 26.2 Å². The largest absolute Gasteiger partial charge is 0.481 e. The maximum Gasteiger partial charge on any atom is 0.305 e. The Hall–Kier alpha value is -0.650. The lowest BCUT2D eigenvalue weighted by Crippen LogP contribution is -2.70. The minimum atomic E-state index is -0.750. The summed E-state index contributed by atoms with van der Waals surface area (Å²) >= 11 is 0. The predicted molar refractivity (Wildman–Crippen MR) is 54.7 cm³/mol. The number of nitrogens with one attached hydrogen (secondary N) is 1. The fraction of sp³-hybridized carbons (Fsp3) is 0.900. The molecule has 1 saturated carbocycles. The van der Waals surface area contributed by atoms with Gasteiger partial charge in [-0.3, -0.25) is 9.69 Å². The van der Waals surface area contributed by atoms with Crippen LogP contribution in [0.1, 0.15) is 19.3 Å². The van der Waals surface area contributed by atoms with Crippen molar-refractivity contribution in [1.82, 2.24) is 10.2 Å². The molecule has 1 aliphatic carbocycles. The van der Waals surface area contributed by atoms with Crippen LogP contribution in [-0.2, 0) is 4.79 Å². The Morgan fingerprint density at radius 3 is 2.47 bits per heavy atom. The number of β-amino-alcohol motifs (C(OH)–C–C–N with tert-alkyl or cyclic N) is 1. The highest BCUT2D eigenvalue weighted by Gasteiger charge is 2.49. The third kappa shape index (κ3) is 2.14. The first-order valence-electron chi connectivity index (χ1n) is 5.48. The smallest absolute Gasteiger partial charge is 0.305 e. The highest BCUT2D eigenvalue weighted by molar-refractivity contribution is 5.69. The van der Waals surface area contributed by atoms with Crippen LogP contribution in [0.2, 0.25) is 0 Å². The van der Waals surface area contributed by atoms with Crippen LogP contribution in [0.5, 0.6) is 0 Å². The van der Waals surface area contributed by atoms with Gasteiger partial charge >= 0.3 is 5.97 Å². The minimum absolute atomic E-state index is 0.109. The van der Waals surface area contributed by atoms with Crippen molar-refractivity contribution >= 4 is 5.97 Å². The van der Waals surface area contributed by atoms with E-state index in [9.17, 15) is 4.79 Å². The topological polar surface area (TPSA) is 72.8 Å². The van der Waals surface area contributed by atoms with Gasteiger partial charge in [0.05, 0.1) is 18.6 Å². The first-order valence-corrected chi connectivity index (χ1v) is 5.48. The van der Waals surface area contributed by atoms with Gasteiger partial charge in [0.2, 0.25) is 0 Å². The van der Waals surface area contributed by atoms with Gasteiger partial charge < -0.3 is 15.5 Å². The Labute approximate surface area is 89.1 Å². The lowest BCUT2D eigenvalue weighted by Gasteiger charge is -2.50. The van der Waals surface area contributed by atoms with Crippen LogP contribution in [0.15, 0.2) is 0 Å². The quantitative estimate of drug-likeness (QED) is 0.543. The van der Waals surface area contributed by atoms with E-state index in [1.165, 1.54) is 0 Å². The highest BCUT2D eigenvalue weighted by atomic mass is 16.4. The molecule has 0 amide bonds. The molecule has 2 fully saturated rings. The molecule has 5 nitrogen and oxygen atoms in total. The van der Waals surface area contributed by atoms with E-state index in [2.05, 4.69) is 10.2 Å². The second-order valence-electron chi connectivity index (χ2n) is 4.55. The van der Waals surface area contributed by atoms with Gasteiger partial charge in [-0.1, -0.05) is 0 Å². The zero-order chi connectivity index (χ0) is 10.9. The van der Waals surface area contributed by atoms with Crippen molar-refractivity contribution in [2.45, 2.75) is 30.8 Å². The normalized spacial score (nSPS) is 23.9. The molecule has 0 atom stereocenters. The molecule has 15 heavy (non-hydrogen) atoms. The highest BCUT2D eigenvalue weighted by Crippen LogP contribution is 2.36. The summed E-state index contributed by atoms with van der Waals surface area (Å²) in [5.41, 5.74) is -0.240. The van der Waals surface area contributed by atoms with E-state index < -0.39 is 5.97 Å². The summed E-state index contributed by atoms with van der Waals surface area (Å²) in [5.74, 6) is -0.750. The number of carbonyl (C=O) groups is 1. The van der Waals surface area contributed by atoms with Crippen molar-refractivity contribution in [2.24, 2.45) is 0 Å². The summed E-state index contributed by atoms with van der Waals surface area (Å²) in [4.78, 5) is 13.0. The Balaban J connectivity index is 2.04. The number of hydrogen-bond donors (Lipinski definition) is 3. The van der Waals surface area contributed by atoms with Gasteiger partial charge in [0.1, 0.15) is 0 Å². The van der Waals surface area contributed by atoms with Gasteiger partial charge in [0, 0.05) is 25.7 Å². The molecule has 0 radical (unpaired) electrons. The predicted octanol–water partition coefficient (Wildman–Crippen LogP) is -0.740. The van der Waals surface area contributed by atoms with Crippen LogP contribution in [0.25, 0.3) is 0 Å². The number of nitrogens with zero attached hydrogens (tertiary/aromatic N) is 1. The summed E-state index contributed by atoms with van der Waals surface area (Å²) in [6, 6.07) is 0.499. The Bertz CT molecular complexity index is 249. The van der Waals surface area contributed by atoms with E-state index in [-0.39, 0.29) is 18.6 Å². The molecule has 1 saturated heterocycles. The molecule has 0 unspecified atom stereocenters. The molecule has 1 heterocycles. The molecule has 0 aromatic heterocycles. The summed E-state index contributed by atoms with van der Waals surface area (Å²) in [7, 11) is 0. The van der Waals surface area contributed by atoms with Gasteiger partial charge in [0.25, 0.3) is 0 Å². The molecule has 1 aliphatic heterocycles. The van der Waals surface area contributed by atoms with Gasteiger partial charge in [-0.15, -0.1) is 0 Å². The van der Waals surface area contributed by atoms with E-state index >= 15 is 0 Å². The number of carboxylic acids is 1. The number of hydrogen-bond acceptors (Lipinski definition) is 4. The molecular formula is C10H18N2O3. The zero-order valence-corrected chi connectivity index (χ0v) is 8.78. The molecule has 3 N–H and O–H groups in total. The summed E-state index contributed by atoms with van der Waals surface area (Å²) in [6.45, 7) is 2.17. The van der Waals surface area contributed by atoms with Crippen LogP contribution in [0.3, 0.4) is 0 Å². The monoisotopic (exact) mass is 214 g/mol.